The maximum Gasteiger partial charge on any atom is 0.287 e. The number of H-pyrrole nitrogens is 1. The molecule has 0 aliphatic carbocycles. The zero-order valence-electron chi connectivity index (χ0n) is 9.65. The molecule has 1 heterocycles. The standard InChI is InChI=1S/C11H8F2IN3O2/c1-11(12,13)9-8(10(14)16-15-9)6-2-4-7(5-3-6)17(18)19/h2-5H,1H3,(H,15,16). The Bertz CT molecular complexity index is 620. The molecule has 2 rings (SSSR count). The van der Waals surface area contributed by atoms with Gasteiger partial charge in [-0.05, 0) is 40.3 Å². The van der Waals surface area contributed by atoms with Crippen molar-refractivity contribution in [2.45, 2.75) is 12.8 Å². The first kappa shape index (κ1) is 13.8. The van der Waals surface area contributed by atoms with E-state index in [1.165, 1.54) is 24.3 Å². The number of aromatic nitrogens is 2. The summed E-state index contributed by atoms with van der Waals surface area (Å²) in [5.74, 6) is -3.06. The molecule has 0 saturated carbocycles. The van der Waals surface area contributed by atoms with Crippen LogP contribution in [0.5, 0.6) is 0 Å². The van der Waals surface area contributed by atoms with Crippen LogP contribution in [-0.4, -0.2) is 15.1 Å². The molecule has 0 aliphatic heterocycles. The molecule has 1 aromatic heterocycles. The Hall–Kier alpha value is -1.58. The van der Waals surface area contributed by atoms with Gasteiger partial charge in [0.25, 0.3) is 11.6 Å². The summed E-state index contributed by atoms with van der Waals surface area (Å²) in [7, 11) is 0. The molecule has 5 nitrogen and oxygen atoms in total. The number of nitro benzene ring substituents is 1. The lowest BCUT2D eigenvalue weighted by Crippen LogP contribution is -2.09. The minimum atomic E-state index is -3.06. The molecule has 0 aliphatic rings. The molecule has 1 N–H and O–H groups in total. The molecule has 0 saturated heterocycles. The van der Waals surface area contributed by atoms with Gasteiger partial charge < -0.3 is 0 Å². The Balaban J connectivity index is 2.53. The van der Waals surface area contributed by atoms with Gasteiger partial charge in [0.2, 0.25) is 0 Å². The van der Waals surface area contributed by atoms with Crippen molar-refractivity contribution >= 4 is 28.3 Å². The monoisotopic (exact) mass is 379 g/mol. The van der Waals surface area contributed by atoms with Crippen molar-refractivity contribution in [3.63, 3.8) is 0 Å². The molecule has 0 atom stereocenters. The van der Waals surface area contributed by atoms with Crippen LogP contribution in [0, 0.1) is 13.8 Å². The van der Waals surface area contributed by atoms with Gasteiger partial charge >= 0.3 is 0 Å². The number of non-ortho nitro benzene ring substituents is 1. The maximum absolute atomic E-state index is 13.4. The van der Waals surface area contributed by atoms with E-state index in [0.29, 0.717) is 9.26 Å². The molecule has 19 heavy (non-hydrogen) atoms. The zero-order chi connectivity index (χ0) is 14.2. The third-order valence-electron chi connectivity index (χ3n) is 2.53. The van der Waals surface area contributed by atoms with E-state index >= 15 is 0 Å². The molecular formula is C11H8F2IN3O2. The van der Waals surface area contributed by atoms with Gasteiger partial charge in [0.05, 0.1) is 4.92 Å². The summed E-state index contributed by atoms with van der Waals surface area (Å²) >= 11 is 1.84. The second kappa shape index (κ2) is 4.83. The number of aromatic amines is 1. The van der Waals surface area contributed by atoms with Crippen molar-refractivity contribution in [3.05, 3.63) is 43.8 Å². The first-order chi connectivity index (χ1) is 8.80. The predicted molar refractivity (Wildman–Crippen MR) is 73.0 cm³/mol. The molecule has 0 spiro atoms. The zero-order valence-corrected chi connectivity index (χ0v) is 11.8. The number of benzene rings is 1. The second-order valence-electron chi connectivity index (χ2n) is 3.96. The highest BCUT2D eigenvalue weighted by Crippen LogP contribution is 2.37. The maximum atomic E-state index is 13.4. The normalized spacial score (nSPS) is 11.6. The molecule has 0 unspecified atom stereocenters. The van der Waals surface area contributed by atoms with Crippen LogP contribution >= 0.6 is 22.6 Å². The average Bonchev–Trinajstić information content (AvgIpc) is 2.71. The van der Waals surface area contributed by atoms with Gasteiger partial charge in [-0.1, -0.05) is 0 Å². The highest BCUT2D eigenvalue weighted by Gasteiger charge is 2.32. The summed E-state index contributed by atoms with van der Waals surface area (Å²) in [4.78, 5) is 10.0. The smallest absolute Gasteiger partial charge is 0.275 e. The van der Waals surface area contributed by atoms with E-state index in [2.05, 4.69) is 10.2 Å². The lowest BCUT2D eigenvalue weighted by Gasteiger charge is -2.10. The summed E-state index contributed by atoms with van der Waals surface area (Å²) in [6, 6.07) is 5.41. The number of rotatable bonds is 3. The molecule has 1 aromatic carbocycles. The van der Waals surface area contributed by atoms with Crippen LogP contribution in [0.1, 0.15) is 12.6 Å². The quantitative estimate of drug-likeness (QED) is 0.502. The third kappa shape index (κ3) is 2.72. The minimum absolute atomic E-state index is 0.0907. The Morgan fingerprint density at radius 1 is 1.37 bits per heavy atom. The van der Waals surface area contributed by atoms with Crippen molar-refractivity contribution in [2.24, 2.45) is 0 Å². The molecule has 0 bridgehead atoms. The molecule has 8 heteroatoms. The van der Waals surface area contributed by atoms with E-state index in [4.69, 9.17) is 0 Å². The first-order valence-corrected chi connectivity index (χ1v) is 6.25. The predicted octanol–water partition coefficient (Wildman–Crippen LogP) is 3.70. The number of nitrogens with one attached hydrogen (secondary N) is 1. The van der Waals surface area contributed by atoms with Crippen LogP contribution in [0.3, 0.4) is 0 Å². The van der Waals surface area contributed by atoms with Crippen LogP contribution in [-0.2, 0) is 5.92 Å². The van der Waals surface area contributed by atoms with Crippen LogP contribution in [0.2, 0.25) is 0 Å². The van der Waals surface area contributed by atoms with Crippen LogP contribution < -0.4 is 0 Å². The van der Waals surface area contributed by atoms with E-state index in [1.54, 1.807) is 0 Å². The Labute approximate surface area is 120 Å². The molecule has 100 valence electrons. The molecule has 0 fully saturated rings. The fraction of sp³-hybridized carbons (Fsp3) is 0.182. The van der Waals surface area contributed by atoms with Gasteiger partial charge in [0.15, 0.2) is 0 Å². The lowest BCUT2D eigenvalue weighted by atomic mass is 10.0. The van der Waals surface area contributed by atoms with Gasteiger partial charge in [-0.2, -0.15) is 13.9 Å². The topological polar surface area (TPSA) is 71.8 Å². The van der Waals surface area contributed by atoms with Crippen molar-refractivity contribution < 1.29 is 13.7 Å². The highest BCUT2D eigenvalue weighted by molar-refractivity contribution is 14.1. The molecular weight excluding hydrogens is 371 g/mol. The van der Waals surface area contributed by atoms with E-state index < -0.39 is 10.8 Å². The van der Waals surface area contributed by atoms with Crippen LogP contribution in [0.15, 0.2) is 24.3 Å². The highest BCUT2D eigenvalue weighted by atomic mass is 127. The summed E-state index contributed by atoms with van der Waals surface area (Å²) in [6.07, 6.45) is 0. The molecule has 0 amide bonds. The van der Waals surface area contributed by atoms with Gasteiger partial charge in [-0.3, -0.25) is 15.2 Å². The Kier molecular flexibility index (Phi) is 3.52. The summed E-state index contributed by atoms with van der Waals surface area (Å²) in [6.45, 7) is 0.769. The number of hydrogen-bond acceptors (Lipinski definition) is 3. The third-order valence-corrected chi connectivity index (χ3v) is 3.31. The average molecular weight is 379 g/mol. The van der Waals surface area contributed by atoms with Crippen molar-refractivity contribution in [1.82, 2.24) is 10.2 Å². The summed E-state index contributed by atoms with van der Waals surface area (Å²) in [5.41, 5.74) is 0.334. The van der Waals surface area contributed by atoms with Gasteiger partial charge in [0, 0.05) is 24.6 Å². The number of hydrogen-bond donors (Lipinski definition) is 1. The first-order valence-electron chi connectivity index (χ1n) is 5.17. The Morgan fingerprint density at radius 2 is 1.95 bits per heavy atom. The number of halogens is 3. The van der Waals surface area contributed by atoms with Crippen LogP contribution in [0.25, 0.3) is 11.1 Å². The van der Waals surface area contributed by atoms with E-state index in [9.17, 15) is 18.9 Å². The number of alkyl halides is 2. The van der Waals surface area contributed by atoms with Gasteiger partial charge in [-0.15, -0.1) is 0 Å². The van der Waals surface area contributed by atoms with E-state index in [-0.39, 0.29) is 16.9 Å². The van der Waals surface area contributed by atoms with Crippen LogP contribution in [0.4, 0.5) is 14.5 Å². The SMILES string of the molecule is CC(F)(F)c1[nH]nc(I)c1-c1ccc([N+](=O)[O-])cc1. The van der Waals surface area contributed by atoms with Crippen molar-refractivity contribution in [3.8, 4) is 11.1 Å². The second-order valence-corrected chi connectivity index (χ2v) is 4.98. The Morgan fingerprint density at radius 3 is 2.42 bits per heavy atom. The van der Waals surface area contributed by atoms with Crippen molar-refractivity contribution in [2.75, 3.05) is 0 Å². The molecule has 2 aromatic rings. The fourth-order valence-corrected chi connectivity index (χ4v) is 2.35. The van der Waals surface area contributed by atoms with Gasteiger partial charge in [0.1, 0.15) is 9.39 Å². The number of nitro groups is 1. The van der Waals surface area contributed by atoms with Gasteiger partial charge in [-0.25, -0.2) is 0 Å². The van der Waals surface area contributed by atoms with E-state index in [0.717, 1.165) is 6.92 Å². The fourth-order valence-electron chi connectivity index (χ4n) is 1.65. The lowest BCUT2D eigenvalue weighted by molar-refractivity contribution is -0.384. The minimum Gasteiger partial charge on any atom is -0.275 e. The summed E-state index contributed by atoms with van der Waals surface area (Å²) in [5, 5.41) is 16.6. The largest absolute Gasteiger partial charge is 0.287 e. The number of nitrogens with zero attached hydrogens (tertiary/aromatic N) is 2. The van der Waals surface area contributed by atoms with Crippen molar-refractivity contribution in [1.29, 1.82) is 0 Å². The summed E-state index contributed by atoms with van der Waals surface area (Å²) < 4.78 is 27.3. The van der Waals surface area contributed by atoms with E-state index in [1.807, 2.05) is 22.6 Å². The molecule has 0 radical (unpaired) electrons.